The smallest absolute Gasteiger partial charge is 0.319 e. The number of para-hydroxylation sites is 1. The van der Waals surface area contributed by atoms with Gasteiger partial charge in [-0.15, -0.1) is 0 Å². The van der Waals surface area contributed by atoms with Crippen molar-refractivity contribution in [2.45, 2.75) is 13.0 Å². The van der Waals surface area contributed by atoms with E-state index < -0.39 is 12.1 Å². The summed E-state index contributed by atoms with van der Waals surface area (Å²) in [6.45, 7) is 1.52. The van der Waals surface area contributed by atoms with Crippen LogP contribution in [0.5, 0.6) is 5.75 Å². The lowest BCUT2D eigenvalue weighted by atomic mass is 10.1. The van der Waals surface area contributed by atoms with Gasteiger partial charge in [-0.05, 0) is 37.3 Å². The molecule has 3 N–H and O–H groups in total. The number of methoxy groups -OCH3 is 1. The molecule has 24 heavy (non-hydrogen) atoms. The summed E-state index contributed by atoms with van der Waals surface area (Å²) >= 11 is 0. The molecule has 0 fully saturated rings. The molecular formula is C18H20N2O4. The van der Waals surface area contributed by atoms with E-state index in [4.69, 9.17) is 4.74 Å². The molecule has 0 aliphatic rings. The molecule has 2 aromatic carbocycles. The van der Waals surface area contributed by atoms with E-state index in [0.717, 1.165) is 0 Å². The number of carbonyl (C=O) groups is 2. The van der Waals surface area contributed by atoms with Gasteiger partial charge in [0, 0.05) is 23.4 Å². The fourth-order valence-electron chi connectivity index (χ4n) is 2.20. The predicted octanol–water partition coefficient (Wildman–Crippen LogP) is 2.75. The summed E-state index contributed by atoms with van der Waals surface area (Å²) in [7, 11) is 1.52. The number of Topliss-reactive ketones (excluding diaryl/α,β-unsaturated/α-hetero) is 1. The number of aliphatic hydroxyl groups excluding tert-OH is 1. The maximum atomic E-state index is 11.9. The Morgan fingerprint density at radius 3 is 2.42 bits per heavy atom. The molecule has 6 heteroatoms. The molecule has 1 atom stereocenters. The van der Waals surface area contributed by atoms with Crippen molar-refractivity contribution < 1.29 is 19.4 Å². The third kappa shape index (κ3) is 4.57. The van der Waals surface area contributed by atoms with Gasteiger partial charge in [-0.2, -0.15) is 0 Å². The number of ether oxygens (including phenoxy) is 1. The lowest BCUT2D eigenvalue weighted by Gasteiger charge is -2.15. The summed E-state index contributed by atoms with van der Waals surface area (Å²) < 4.78 is 5.18. The highest BCUT2D eigenvalue weighted by Crippen LogP contribution is 2.24. The van der Waals surface area contributed by atoms with Crippen LogP contribution < -0.4 is 15.4 Å². The van der Waals surface area contributed by atoms with Gasteiger partial charge in [0.2, 0.25) is 0 Å². The molecule has 0 aromatic heterocycles. The van der Waals surface area contributed by atoms with Crippen molar-refractivity contribution >= 4 is 17.5 Å². The molecule has 0 aliphatic carbocycles. The zero-order chi connectivity index (χ0) is 17.5. The van der Waals surface area contributed by atoms with E-state index in [0.29, 0.717) is 22.6 Å². The molecule has 2 rings (SSSR count). The van der Waals surface area contributed by atoms with Crippen LogP contribution in [0.3, 0.4) is 0 Å². The van der Waals surface area contributed by atoms with Crippen LogP contribution in [0, 0.1) is 0 Å². The Hall–Kier alpha value is -2.86. The Balaban J connectivity index is 1.89. The number of amides is 2. The number of hydrogen-bond acceptors (Lipinski definition) is 4. The van der Waals surface area contributed by atoms with Crippen LogP contribution in [0.1, 0.15) is 28.9 Å². The first kappa shape index (κ1) is 17.5. The molecule has 0 aliphatic heterocycles. The highest BCUT2D eigenvalue weighted by Gasteiger charge is 2.13. The molecule has 126 valence electrons. The summed E-state index contributed by atoms with van der Waals surface area (Å²) in [4.78, 5) is 23.1. The highest BCUT2D eigenvalue weighted by atomic mass is 16.5. The minimum absolute atomic E-state index is 0.0362. The Morgan fingerprint density at radius 2 is 1.79 bits per heavy atom. The topological polar surface area (TPSA) is 87.7 Å². The second-order valence-corrected chi connectivity index (χ2v) is 5.23. The van der Waals surface area contributed by atoms with Gasteiger partial charge in [0.1, 0.15) is 5.75 Å². The van der Waals surface area contributed by atoms with E-state index in [-0.39, 0.29) is 12.3 Å². The average molecular weight is 328 g/mol. The number of anilines is 1. The minimum atomic E-state index is -0.882. The van der Waals surface area contributed by atoms with Crippen molar-refractivity contribution in [3.63, 3.8) is 0 Å². The number of urea groups is 1. The van der Waals surface area contributed by atoms with E-state index >= 15 is 0 Å². The molecule has 2 aromatic rings. The number of carbonyl (C=O) groups excluding carboxylic acids is 2. The Labute approximate surface area is 140 Å². The summed E-state index contributed by atoms with van der Waals surface area (Å²) in [6.07, 6.45) is -0.882. The fraction of sp³-hybridized carbons (Fsp3) is 0.222. The normalized spacial score (nSPS) is 11.5. The van der Waals surface area contributed by atoms with Crippen molar-refractivity contribution in [2.24, 2.45) is 0 Å². The van der Waals surface area contributed by atoms with Crippen molar-refractivity contribution in [1.82, 2.24) is 5.32 Å². The van der Waals surface area contributed by atoms with Gasteiger partial charge >= 0.3 is 6.03 Å². The van der Waals surface area contributed by atoms with Crippen molar-refractivity contribution in [3.05, 3.63) is 59.7 Å². The average Bonchev–Trinajstić information content (AvgIpc) is 2.60. The van der Waals surface area contributed by atoms with Crippen LogP contribution in [0.4, 0.5) is 10.5 Å². The maximum Gasteiger partial charge on any atom is 0.319 e. The van der Waals surface area contributed by atoms with E-state index in [1.165, 1.54) is 14.0 Å². The lowest BCUT2D eigenvalue weighted by molar-refractivity contribution is 0.101. The largest absolute Gasteiger partial charge is 0.496 e. The molecule has 0 spiro atoms. The molecule has 0 saturated carbocycles. The molecule has 0 heterocycles. The van der Waals surface area contributed by atoms with Crippen LogP contribution in [0.2, 0.25) is 0 Å². The van der Waals surface area contributed by atoms with Gasteiger partial charge in [-0.1, -0.05) is 18.2 Å². The van der Waals surface area contributed by atoms with Gasteiger partial charge in [-0.25, -0.2) is 4.79 Å². The monoisotopic (exact) mass is 328 g/mol. The number of benzene rings is 2. The number of rotatable bonds is 6. The van der Waals surface area contributed by atoms with Crippen LogP contribution in [-0.2, 0) is 0 Å². The third-order valence-corrected chi connectivity index (χ3v) is 3.50. The predicted molar refractivity (Wildman–Crippen MR) is 91.4 cm³/mol. The maximum absolute atomic E-state index is 11.9. The second kappa shape index (κ2) is 8.12. The van der Waals surface area contributed by atoms with Crippen molar-refractivity contribution in [2.75, 3.05) is 19.0 Å². The molecular weight excluding hydrogens is 308 g/mol. The molecule has 0 bridgehead atoms. The number of hydrogen-bond donors (Lipinski definition) is 3. The number of ketones is 1. The lowest BCUT2D eigenvalue weighted by Crippen LogP contribution is -2.32. The van der Waals surface area contributed by atoms with Crippen LogP contribution in [0.25, 0.3) is 0 Å². The first-order valence-electron chi connectivity index (χ1n) is 7.48. The van der Waals surface area contributed by atoms with Crippen molar-refractivity contribution in [1.29, 1.82) is 0 Å². The van der Waals surface area contributed by atoms with Gasteiger partial charge in [0.05, 0.1) is 13.2 Å². The zero-order valence-electron chi connectivity index (χ0n) is 13.6. The summed E-state index contributed by atoms with van der Waals surface area (Å²) in [5.74, 6) is 0.526. The van der Waals surface area contributed by atoms with E-state index in [1.54, 1.807) is 48.5 Å². The van der Waals surface area contributed by atoms with Gasteiger partial charge in [0.25, 0.3) is 0 Å². The van der Waals surface area contributed by atoms with Crippen LogP contribution in [-0.4, -0.2) is 30.6 Å². The highest BCUT2D eigenvalue weighted by molar-refractivity contribution is 5.95. The Morgan fingerprint density at radius 1 is 1.12 bits per heavy atom. The van der Waals surface area contributed by atoms with E-state index in [9.17, 15) is 14.7 Å². The van der Waals surface area contributed by atoms with Gasteiger partial charge in [0.15, 0.2) is 5.78 Å². The standard InChI is InChI=1S/C18H20N2O4/c1-12(21)13-7-9-14(10-8-13)20-18(23)19-11-16(22)15-5-3-4-6-17(15)24-2/h3-10,16,22H,11H2,1-2H3,(H2,19,20,23). The van der Waals surface area contributed by atoms with Gasteiger partial charge < -0.3 is 20.5 Å². The summed E-state index contributed by atoms with van der Waals surface area (Å²) in [5, 5.41) is 15.4. The van der Waals surface area contributed by atoms with Crippen LogP contribution in [0.15, 0.2) is 48.5 Å². The van der Waals surface area contributed by atoms with Crippen molar-refractivity contribution in [3.8, 4) is 5.75 Å². The Kier molecular flexibility index (Phi) is 5.92. The Bertz CT molecular complexity index is 713. The number of aliphatic hydroxyl groups is 1. The van der Waals surface area contributed by atoms with E-state index in [1.807, 2.05) is 0 Å². The van der Waals surface area contributed by atoms with E-state index in [2.05, 4.69) is 10.6 Å². The molecule has 0 saturated heterocycles. The zero-order valence-corrected chi connectivity index (χ0v) is 13.6. The van der Waals surface area contributed by atoms with Crippen LogP contribution >= 0.6 is 0 Å². The first-order chi connectivity index (χ1) is 11.5. The number of nitrogens with one attached hydrogen (secondary N) is 2. The fourth-order valence-corrected chi connectivity index (χ4v) is 2.20. The summed E-state index contributed by atoms with van der Waals surface area (Å²) in [5.41, 5.74) is 1.74. The molecule has 0 radical (unpaired) electrons. The molecule has 1 unspecified atom stereocenters. The van der Waals surface area contributed by atoms with Gasteiger partial charge in [-0.3, -0.25) is 4.79 Å². The summed E-state index contributed by atoms with van der Waals surface area (Å²) in [6, 6.07) is 13.2. The molecule has 6 nitrogen and oxygen atoms in total. The SMILES string of the molecule is COc1ccccc1C(O)CNC(=O)Nc1ccc(C(C)=O)cc1. The quantitative estimate of drug-likeness (QED) is 0.712. The molecule has 2 amide bonds. The first-order valence-corrected chi connectivity index (χ1v) is 7.48. The second-order valence-electron chi connectivity index (χ2n) is 5.23. The third-order valence-electron chi connectivity index (χ3n) is 3.50. The minimum Gasteiger partial charge on any atom is -0.496 e.